The van der Waals surface area contributed by atoms with Crippen molar-refractivity contribution in [2.45, 2.75) is 71.7 Å². The number of amides is 2. The number of ether oxygens (including phenoxy) is 2. The van der Waals surface area contributed by atoms with Crippen molar-refractivity contribution < 1.29 is 19.1 Å². The summed E-state index contributed by atoms with van der Waals surface area (Å²) in [6, 6.07) is 0. The van der Waals surface area contributed by atoms with Crippen molar-refractivity contribution in [2.24, 2.45) is 11.8 Å². The summed E-state index contributed by atoms with van der Waals surface area (Å²) in [5, 5.41) is 0. The van der Waals surface area contributed by atoms with E-state index in [1.165, 1.54) is 0 Å². The Morgan fingerprint density at radius 1 is 0.931 bits per heavy atom. The van der Waals surface area contributed by atoms with Crippen LogP contribution in [0.15, 0.2) is 0 Å². The quantitative estimate of drug-likeness (QED) is 0.714. The summed E-state index contributed by atoms with van der Waals surface area (Å²) in [5.41, 5.74) is -0.473. The number of hydrogen-bond acceptors (Lipinski definition) is 5. The van der Waals surface area contributed by atoms with Crippen molar-refractivity contribution in [3.63, 3.8) is 0 Å². The molecule has 29 heavy (non-hydrogen) atoms. The lowest BCUT2D eigenvalue weighted by Crippen LogP contribution is -2.53. The highest BCUT2D eigenvalue weighted by molar-refractivity contribution is 5.77. The van der Waals surface area contributed by atoms with Crippen molar-refractivity contribution >= 4 is 12.0 Å². The molecule has 7 nitrogen and oxygen atoms in total. The largest absolute Gasteiger partial charge is 0.444 e. The van der Waals surface area contributed by atoms with Gasteiger partial charge in [0.25, 0.3) is 0 Å². The second kappa shape index (κ2) is 9.21. The maximum Gasteiger partial charge on any atom is 0.410 e. The number of piperidine rings is 1. The zero-order chi connectivity index (χ0) is 21.2. The number of morpholine rings is 1. The highest BCUT2D eigenvalue weighted by atomic mass is 16.6. The molecule has 0 aromatic heterocycles. The molecule has 0 unspecified atom stereocenters. The first-order chi connectivity index (χ1) is 13.6. The lowest BCUT2D eigenvalue weighted by atomic mass is 9.93. The van der Waals surface area contributed by atoms with Crippen LogP contribution >= 0.6 is 0 Å². The molecule has 0 bridgehead atoms. The van der Waals surface area contributed by atoms with Crippen LogP contribution < -0.4 is 0 Å². The Hall–Kier alpha value is -1.34. The van der Waals surface area contributed by atoms with E-state index in [0.717, 1.165) is 45.6 Å². The summed E-state index contributed by atoms with van der Waals surface area (Å²) in [7, 11) is 0. The number of nitrogens with zero attached hydrogens (tertiary/aromatic N) is 3. The van der Waals surface area contributed by atoms with E-state index >= 15 is 0 Å². The van der Waals surface area contributed by atoms with Gasteiger partial charge in [-0.3, -0.25) is 9.69 Å². The summed E-state index contributed by atoms with van der Waals surface area (Å²) < 4.78 is 11.2. The summed E-state index contributed by atoms with van der Waals surface area (Å²) >= 11 is 0. The third-order valence-electron chi connectivity index (χ3n) is 6.05. The molecule has 2 atom stereocenters. The number of carbonyl (C=O) groups is 2. The molecule has 0 radical (unpaired) electrons. The first kappa shape index (κ1) is 22.3. The third-order valence-corrected chi connectivity index (χ3v) is 6.05. The van der Waals surface area contributed by atoms with Gasteiger partial charge in [0.1, 0.15) is 5.60 Å². The fraction of sp³-hybridized carbons (Fsp3) is 0.909. The minimum atomic E-state index is -0.473. The Labute approximate surface area is 175 Å². The lowest BCUT2D eigenvalue weighted by Gasteiger charge is -2.41. The average molecular weight is 410 g/mol. The second-order valence-corrected chi connectivity index (χ2v) is 10.3. The van der Waals surface area contributed by atoms with Crippen LogP contribution in [0.2, 0.25) is 0 Å². The molecule has 3 aliphatic rings. The van der Waals surface area contributed by atoms with Crippen molar-refractivity contribution in [3.8, 4) is 0 Å². The van der Waals surface area contributed by atoms with Crippen molar-refractivity contribution in [1.82, 2.24) is 14.7 Å². The van der Waals surface area contributed by atoms with E-state index in [2.05, 4.69) is 18.7 Å². The molecule has 3 aliphatic heterocycles. The fourth-order valence-electron chi connectivity index (χ4n) is 4.71. The number of likely N-dealkylation sites (tertiary alicyclic amines) is 2. The van der Waals surface area contributed by atoms with Crippen molar-refractivity contribution in [3.05, 3.63) is 0 Å². The summed E-state index contributed by atoms with van der Waals surface area (Å²) in [6.45, 7) is 16.0. The predicted octanol–water partition coefficient (Wildman–Crippen LogP) is 2.59. The van der Waals surface area contributed by atoms with Crippen LogP contribution in [0.3, 0.4) is 0 Å². The van der Waals surface area contributed by atoms with Gasteiger partial charge in [-0.25, -0.2) is 4.79 Å². The van der Waals surface area contributed by atoms with Crippen LogP contribution in [-0.2, 0) is 14.3 Å². The molecule has 2 amide bonds. The molecule has 0 aromatic rings. The van der Waals surface area contributed by atoms with Crippen LogP contribution in [0.1, 0.15) is 53.9 Å². The predicted molar refractivity (Wildman–Crippen MR) is 112 cm³/mol. The smallest absolute Gasteiger partial charge is 0.410 e. The second-order valence-electron chi connectivity index (χ2n) is 10.3. The zero-order valence-electron chi connectivity index (χ0n) is 18.9. The van der Waals surface area contributed by atoms with Gasteiger partial charge in [-0.05, 0) is 53.4 Å². The van der Waals surface area contributed by atoms with E-state index in [4.69, 9.17) is 9.47 Å². The minimum absolute atomic E-state index is 0.242. The van der Waals surface area contributed by atoms with Gasteiger partial charge in [-0.15, -0.1) is 0 Å². The molecule has 3 rings (SSSR count). The van der Waals surface area contributed by atoms with Gasteiger partial charge < -0.3 is 19.3 Å². The van der Waals surface area contributed by atoms with Crippen LogP contribution in [0.25, 0.3) is 0 Å². The van der Waals surface area contributed by atoms with Gasteiger partial charge in [0.2, 0.25) is 5.91 Å². The monoisotopic (exact) mass is 409 g/mol. The third kappa shape index (κ3) is 6.57. The molecule has 166 valence electrons. The molecular formula is C22H39N3O4. The molecule has 3 fully saturated rings. The van der Waals surface area contributed by atoms with Crippen LogP contribution in [0.4, 0.5) is 4.79 Å². The van der Waals surface area contributed by atoms with Gasteiger partial charge in [0.05, 0.1) is 12.2 Å². The highest BCUT2D eigenvalue weighted by Gasteiger charge is 2.36. The number of carbonyl (C=O) groups excluding carboxylic acids is 2. The lowest BCUT2D eigenvalue weighted by molar-refractivity contribution is -0.135. The van der Waals surface area contributed by atoms with Crippen molar-refractivity contribution in [1.29, 1.82) is 0 Å². The molecule has 0 spiro atoms. The van der Waals surface area contributed by atoms with Crippen LogP contribution in [-0.4, -0.2) is 90.3 Å². The number of rotatable bonds is 4. The van der Waals surface area contributed by atoms with E-state index in [0.29, 0.717) is 37.6 Å². The Bertz CT molecular complexity index is 567. The van der Waals surface area contributed by atoms with Gasteiger partial charge in [0, 0.05) is 58.2 Å². The molecule has 0 aromatic carbocycles. The summed E-state index contributed by atoms with van der Waals surface area (Å²) in [5.74, 6) is 1.18. The van der Waals surface area contributed by atoms with Crippen LogP contribution in [0, 0.1) is 11.8 Å². The van der Waals surface area contributed by atoms with Gasteiger partial charge >= 0.3 is 6.09 Å². The van der Waals surface area contributed by atoms with Crippen molar-refractivity contribution in [2.75, 3.05) is 45.8 Å². The number of hydrogen-bond donors (Lipinski definition) is 0. The molecule has 3 saturated heterocycles. The van der Waals surface area contributed by atoms with Gasteiger partial charge in [-0.2, -0.15) is 0 Å². The molecule has 7 heteroatoms. The topological polar surface area (TPSA) is 62.3 Å². The Morgan fingerprint density at radius 3 is 2.07 bits per heavy atom. The standard InChI is InChI=1S/C22H39N3O4/c1-16-11-23(12-17(2)28-16)13-18-6-8-24(9-7-18)20(26)10-19-14-25(15-19)21(27)29-22(3,4)5/h16-19H,6-15H2,1-5H3/t16-,17-/m1/s1. The Kier molecular flexibility index (Phi) is 7.10. The first-order valence-electron chi connectivity index (χ1n) is 11.2. The maximum atomic E-state index is 12.7. The van der Waals surface area contributed by atoms with E-state index in [9.17, 15) is 9.59 Å². The Morgan fingerprint density at radius 2 is 1.52 bits per heavy atom. The Balaban J connectivity index is 1.33. The molecular weight excluding hydrogens is 370 g/mol. The van der Waals surface area contributed by atoms with E-state index in [1.807, 2.05) is 25.7 Å². The average Bonchev–Trinajstić information content (AvgIpc) is 2.55. The van der Waals surface area contributed by atoms with Crippen LogP contribution in [0.5, 0.6) is 0 Å². The highest BCUT2D eigenvalue weighted by Crippen LogP contribution is 2.25. The van der Waals surface area contributed by atoms with E-state index < -0.39 is 5.60 Å². The fourth-order valence-corrected chi connectivity index (χ4v) is 4.71. The van der Waals surface area contributed by atoms with Gasteiger partial charge in [-0.1, -0.05) is 0 Å². The molecule has 3 heterocycles. The SMILES string of the molecule is C[C@@H]1CN(CC2CCN(C(=O)CC3CN(C(=O)OC(C)(C)C)C3)CC2)C[C@@H](C)O1. The first-order valence-corrected chi connectivity index (χ1v) is 11.2. The summed E-state index contributed by atoms with van der Waals surface area (Å²) in [6.07, 6.45) is 3.06. The molecule has 0 N–H and O–H groups in total. The van der Waals surface area contributed by atoms with Gasteiger partial charge in [0.15, 0.2) is 0 Å². The molecule has 0 aliphatic carbocycles. The minimum Gasteiger partial charge on any atom is -0.444 e. The normalized spacial score (nSPS) is 27.6. The molecule has 0 saturated carbocycles. The summed E-state index contributed by atoms with van der Waals surface area (Å²) in [4.78, 5) is 30.9. The van der Waals surface area contributed by atoms with E-state index in [-0.39, 0.29) is 17.9 Å². The maximum absolute atomic E-state index is 12.7. The zero-order valence-corrected chi connectivity index (χ0v) is 18.9. The van der Waals surface area contributed by atoms with E-state index in [1.54, 1.807) is 4.90 Å².